The number of thiazole rings is 1. The van der Waals surface area contributed by atoms with Gasteiger partial charge in [0.05, 0.1) is 16.6 Å². The lowest BCUT2D eigenvalue weighted by Crippen LogP contribution is -2.19. The molecule has 0 aliphatic carbocycles. The quantitative estimate of drug-likeness (QED) is 0.618. The number of alkyl halides is 6. The van der Waals surface area contributed by atoms with Crippen LogP contribution in [0.25, 0.3) is 0 Å². The lowest BCUT2D eigenvalue weighted by atomic mass is 10.1. The maximum Gasteiger partial charge on any atom is 0.420 e. The van der Waals surface area contributed by atoms with E-state index in [-0.39, 0.29) is 10.4 Å². The Morgan fingerprint density at radius 1 is 1.09 bits per heavy atom. The van der Waals surface area contributed by atoms with Gasteiger partial charge in [0.25, 0.3) is 0 Å². The second-order valence-electron chi connectivity index (χ2n) is 4.34. The Kier molecular flexibility index (Phi) is 4.68. The van der Waals surface area contributed by atoms with Crippen LogP contribution in [0.3, 0.4) is 0 Å². The lowest BCUT2D eigenvalue weighted by molar-refractivity contribution is -0.206. The van der Waals surface area contributed by atoms with Crippen molar-refractivity contribution in [3.63, 3.8) is 0 Å². The molecule has 0 amide bonds. The average molecular weight is 351 g/mol. The van der Waals surface area contributed by atoms with E-state index in [4.69, 9.17) is 5.11 Å². The first kappa shape index (κ1) is 17.3. The topological polar surface area (TPSA) is 33.1 Å². The van der Waals surface area contributed by atoms with E-state index in [1.54, 1.807) is 0 Å². The molecule has 0 aliphatic rings. The van der Waals surface area contributed by atoms with Crippen LogP contribution in [0.2, 0.25) is 0 Å². The molecule has 0 spiro atoms. The molecule has 0 aliphatic heterocycles. The summed E-state index contributed by atoms with van der Waals surface area (Å²) in [4.78, 5) is 3.52. The second kappa shape index (κ2) is 6.22. The summed E-state index contributed by atoms with van der Waals surface area (Å²) >= 11 is 0.520. The van der Waals surface area contributed by atoms with Gasteiger partial charge in [0.2, 0.25) is 6.10 Å². The van der Waals surface area contributed by atoms with Crippen LogP contribution < -0.4 is 0 Å². The molecule has 1 heterocycles. The zero-order valence-corrected chi connectivity index (χ0v) is 11.9. The third-order valence-corrected chi connectivity index (χ3v) is 3.55. The van der Waals surface area contributed by atoms with Gasteiger partial charge >= 0.3 is 12.4 Å². The van der Waals surface area contributed by atoms with Crippen molar-refractivity contribution in [3.05, 3.63) is 51.5 Å². The summed E-state index contributed by atoms with van der Waals surface area (Å²) in [6, 6.07) is 4.24. The third-order valence-electron chi connectivity index (χ3n) is 2.59. The standard InChI is InChI=1S/C14H7F6NOS/c15-13(16,17)9-3-1-2-8(6-9)4-5-10-7-21-12(23-10)11(22)14(18,19)20/h1-3,6-7,11,22H. The number of aromatic nitrogens is 1. The number of aliphatic hydroxyl groups is 1. The highest BCUT2D eigenvalue weighted by atomic mass is 32.1. The van der Waals surface area contributed by atoms with Gasteiger partial charge in [-0.25, -0.2) is 4.98 Å². The third kappa shape index (κ3) is 4.46. The molecule has 1 N–H and O–H groups in total. The Bertz CT molecular complexity index is 753. The monoisotopic (exact) mass is 351 g/mol. The maximum absolute atomic E-state index is 12.5. The van der Waals surface area contributed by atoms with E-state index >= 15 is 0 Å². The predicted octanol–water partition coefficient (Wildman–Crippen LogP) is 4.16. The number of rotatable bonds is 1. The first-order chi connectivity index (χ1) is 10.6. The van der Waals surface area contributed by atoms with Crippen LogP contribution >= 0.6 is 11.3 Å². The Hall–Kier alpha value is -2.05. The zero-order chi connectivity index (χ0) is 17.3. The second-order valence-corrected chi connectivity index (χ2v) is 5.40. The number of hydrogen-bond acceptors (Lipinski definition) is 3. The lowest BCUT2D eigenvalue weighted by Gasteiger charge is -2.10. The van der Waals surface area contributed by atoms with Gasteiger partial charge < -0.3 is 5.11 Å². The first-order valence-corrected chi connectivity index (χ1v) is 6.79. The fraction of sp³-hybridized carbons (Fsp3) is 0.214. The zero-order valence-electron chi connectivity index (χ0n) is 11.0. The Balaban J connectivity index is 2.22. The van der Waals surface area contributed by atoms with Crippen LogP contribution in [-0.4, -0.2) is 16.3 Å². The van der Waals surface area contributed by atoms with Crippen molar-refractivity contribution in [1.82, 2.24) is 4.98 Å². The smallest absolute Gasteiger partial charge is 0.377 e. The van der Waals surface area contributed by atoms with Crippen molar-refractivity contribution in [2.75, 3.05) is 0 Å². The van der Waals surface area contributed by atoms with Gasteiger partial charge in [-0.1, -0.05) is 12.0 Å². The molecule has 122 valence electrons. The minimum absolute atomic E-state index is 0.0612. The minimum atomic E-state index is -4.84. The van der Waals surface area contributed by atoms with Crippen molar-refractivity contribution in [1.29, 1.82) is 0 Å². The van der Waals surface area contributed by atoms with Gasteiger partial charge in [-0.15, -0.1) is 11.3 Å². The van der Waals surface area contributed by atoms with E-state index in [9.17, 15) is 26.3 Å². The molecule has 23 heavy (non-hydrogen) atoms. The van der Waals surface area contributed by atoms with Gasteiger partial charge in [-0.2, -0.15) is 26.3 Å². The summed E-state index contributed by atoms with van der Waals surface area (Å²) in [5.41, 5.74) is -0.812. The van der Waals surface area contributed by atoms with Crippen molar-refractivity contribution in [2.45, 2.75) is 18.5 Å². The molecular formula is C14H7F6NOS. The summed E-state index contributed by atoms with van der Waals surface area (Å²) in [6.07, 6.45) is -11.0. The van der Waals surface area contributed by atoms with Crippen molar-refractivity contribution in [3.8, 4) is 11.8 Å². The van der Waals surface area contributed by atoms with Gasteiger partial charge in [-0.05, 0) is 24.1 Å². The van der Waals surface area contributed by atoms with Crippen LogP contribution in [-0.2, 0) is 6.18 Å². The summed E-state index contributed by atoms with van der Waals surface area (Å²) in [6.45, 7) is 0. The normalized spacial score (nSPS) is 13.3. The van der Waals surface area contributed by atoms with E-state index in [2.05, 4.69) is 16.8 Å². The number of hydrogen-bond donors (Lipinski definition) is 1. The number of nitrogens with zero attached hydrogens (tertiary/aromatic N) is 1. The predicted molar refractivity (Wildman–Crippen MR) is 70.6 cm³/mol. The minimum Gasteiger partial charge on any atom is -0.377 e. The van der Waals surface area contributed by atoms with Crippen LogP contribution in [0.1, 0.15) is 27.1 Å². The van der Waals surface area contributed by atoms with E-state index < -0.39 is 29.0 Å². The summed E-state index contributed by atoms with van der Waals surface area (Å²) < 4.78 is 74.6. The first-order valence-electron chi connectivity index (χ1n) is 5.97. The molecule has 2 nitrogen and oxygen atoms in total. The Morgan fingerprint density at radius 3 is 2.39 bits per heavy atom. The molecule has 9 heteroatoms. The van der Waals surface area contributed by atoms with Crippen LogP contribution in [0, 0.1) is 11.8 Å². The van der Waals surface area contributed by atoms with Crippen molar-refractivity contribution in [2.24, 2.45) is 0 Å². The fourth-order valence-corrected chi connectivity index (χ4v) is 2.30. The molecule has 1 aromatic carbocycles. The van der Waals surface area contributed by atoms with E-state index in [0.29, 0.717) is 11.3 Å². The molecule has 0 saturated heterocycles. The molecule has 0 fully saturated rings. The number of aliphatic hydroxyl groups excluding tert-OH is 1. The Labute approximate surface area is 130 Å². The largest absolute Gasteiger partial charge is 0.420 e. The van der Waals surface area contributed by atoms with Gasteiger partial charge in [0.1, 0.15) is 5.01 Å². The molecule has 2 rings (SSSR count). The molecule has 0 radical (unpaired) electrons. The van der Waals surface area contributed by atoms with Crippen molar-refractivity contribution < 1.29 is 31.4 Å². The highest BCUT2D eigenvalue weighted by molar-refractivity contribution is 7.12. The summed E-state index contributed by atoms with van der Waals surface area (Å²) in [7, 11) is 0. The fourth-order valence-electron chi connectivity index (χ4n) is 1.52. The molecule has 0 saturated carbocycles. The van der Waals surface area contributed by atoms with Crippen LogP contribution in [0.5, 0.6) is 0 Å². The molecular weight excluding hydrogens is 344 g/mol. The molecule has 0 bridgehead atoms. The van der Waals surface area contributed by atoms with Crippen molar-refractivity contribution >= 4 is 11.3 Å². The van der Waals surface area contributed by atoms with Gasteiger partial charge in [0, 0.05) is 5.56 Å². The molecule has 2 aromatic rings. The van der Waals surface area contributed by atoms with Gasteiger partial charge in [0.15, 0.2) is 0 Å². The SMILES string of the molecule is OC(c1ncc(C#Cc2cccc(C(F)(F)F)c2)s1)C(F)(F)F. The van der Waals surface area contributed by atoms with Crippen LogP contribution in [0.4, 0.5) is 26.3 Å². The average Bonchev–Trinajstić information content (AvgIpc) is 2.91. The van der Waals surface area contributed by atoms with Gasteiger partial charge in [-0.3, -0.25) is 0 Å². The highest BCUT2D eigenvalue weighted by Crippen LogP contribution is 2.34. The number of halogens is 6. The molecule has 1 aromatic heterocycles. The maximum atomic E-state index is 12.5. The molecule has 1 unspecified atom stereocenters. The van der Waals surface area contributed by atoms with E-state index in [1.165, 1.54) is 12.1 Å². The summed E-state index contributed by atoms with van der Waals surface area (Å²) in [5.74, 6) is 4.85. The van der Waals surface area contributed by atoms with E-state index in [0.717, 1.165) is 18.3 Å². The van der Waals surface area contributed by atoms with Crippen LogP contribution in [0.15, 0.2) is 30.5 Å². The number of benzene rings is 1. The highest BCUT2D eigenvalue weighted by Gasteiger charge is 2.41. The van der Waals surface area contributed by atoms with E-state index in [1.807, 2.05) is 0 Å². The molecule has 1 atom stereocenters. The summed E-state index contributed by atoms with van der Waals surface area (Å²) in [5, 5.41) is 8.45. The Morgan fingerprint density at radius 2 is 1.78 bits per heavy atom.